The molecule has 0 aromatic rings. The fourth-order valence-corrected chi connectivity index (χ4v) is 1.62. The molecule has 1 saturated heterocycles. The Morgan fingerprint density at radius 3 is 2.71 bits per heavy atom. The third-order valence-corrected chi connectivity index (χ3v) is 2.27. The van der Waals surface area contributed by atoms with E-state index >= 15 is 0 Å². The summed E-state index contributed by atoms with van der Waals surface area (Å²) < 4.78 is 34.2. The topological polar surface area (TPSA) is 52.6 Å². The number of ether oxygens (including phenoxy) is 2. The molecule has 2 radical (unpaired) electrons. The summed E-state index contributed by atoms with van der Waals surface area (Å²) >= 11 is 0.208. The Balaban J connectivity index is 2.85. The van der Waals surface area contributed by atoms with Gasteiger partial charge >= 0.3 is 93.7 Å². The van der Waals surface area contributed by atoms with Crippen molar-refractivity contribution in [2.45, 2.75) is 31.5 Å². The number of hydrogen-bond acceptors (Lipinski definition) is 4. The van der Waals surface area contributed by atoms with Crippen molar-refractivity contribution in [3.8, 4) is 0 Å². The van der Waals surface area contributed by atoms with Crippen LogP contribution in [0.5, 0.6) is 0 Å². The molecule has 0 aliphatic carbocycles. The molecule has 1 fully saturated rings. The molecule has 1 heterocycles. The molecule has 1 aliphatic heterocycles. The zero-order chi connectivity index (χ0) is 10.9. The molecule has 0 spiro atoms. The Labute approximate surface area is 93.8 Å². The first kappa shape index (κ1) is 11.8. The van der Waals surface area contributed by atoms with Crippen molar-refractivity contribution in [1.82, 2.24) is 0 Å². The van der Waals surface area contributed by atoms with Crippen LogP contribution in [0.3, 0.4) is 0 Å². The molecule has 0 bridgehead atoms. The maximum atomic E-state index is 13.1. The molecule has 78 valence electrons. The monoisotopic (exact) mass is 402 g/mol. The van der Waals surface area contributed by atoms with Crippen molar-refractivity contribution in [3.05, 3.63) is 0 Å². The van der Waals surface area contributed by atoms with Crippen LogP contribution in [0, 0.1) is 0 Å². The molecule has 14 heavy (non-hydrogen) atoms. The number of rotatable bonds is 2. The van der Waals surface area contributed by atoms with Crippen LogP contribution in [0.1, 0.15) is 13.3 Å². The predicted molar refractivity (Wildman–Crippen MR) is 41.1 cm³/mol. The minimum atomic E-state index is -3.71. The van der Waals surface area contributed by atoms with Crippen LogP contribution in [-0.4, -0.2) is 52.5 Å². The second kappa shape index (κ2) is 4.05. The van der Waals surface area contributed by atoms with Gasteiger partial charge in [0, 0.05) is 0 Å². The van der Waals surface area contributed by atoms with E-state index in [1.54, 1.807) is 6.92 Å². The molecule has 4 nitrogen and oxygen atoms in total. The van der Waals surface area contributed by atoms with Gasteiger partial charge in [0.2, 0.25) is 0 Å². The molecule has 2 atom stereocenters. The second-order valence-electron chi connectivity index (χ2n) is 2.78. The van der Waals surface area contributed by atoms with E-state index in [0.717, 1.165) is 0 Å². The number of esters is 1. The summed E-state index contributed by atoms with van der Waals surface area (Å²) in [5, 5.41) is 0. The zero-order valence-corrected chi connectivity index (χ0v) is 10.7. The molecule has 0 saturated carbocycles. The number of carbonyl (C=O) groups is 2. The van der Waals surface area contributed by atoms with Crippen LogP contribution >= 0.6 is 0 Å². The van der Waals surface area contributed by atoms with Crippen LogP contribution in [0.25, 0.3) is 0 Å². The molecule has 0 N–H and O–H groups in total. The third kappa shape index (κ3) is 2.02. The van der Waals surface area contributed by atoms with Gasteiger partial charge < -0.3 is 0 Å². The molecule has 0 aromatic carbocycles. The summed E-state index contributed by atoms with van der Waals surface area (Å²) in [4.78, 5) is 21.3. The fraction of sp³-hybridized carbons (Fsp3) is 0.714. The van der Waals surface area contributed by atoms with E-state index in [-0.39, 0.29) is 31.1 Å². The Hall–Kier alpha value is -0.317. The SMILES string of the molecule is CC[C@H]1OC(=O)C(F)(F)C1O[C](=O)[Bi]. The summed E-state index contributed by atoms with van der Waals surface area (Å²) in [5.74, 6) is -5.33. The molecule has 1 unspecified atom stereocenters. The summed E-state index contributed by atoms with van der Waals surface area (Å²) in [5.41, 5.74) is 0. The molecule has 1 rings (SSSR count). The first-order valence-corrected chi connectivity index (χ1v) is 5.62. The van der Waals surface area contributed by atoms with E-state index in [1.165, 1.54) is 0 Å². The Kier molecular flexibility index (Phi) is 3.40. The van der Waals surface area contributed by atoms with E-state index in [1.807, 2.05) is 0 Å². The van der Waals surface area contributed by atoms with E-state index in [4.69, 9.17) is 0 Å². The predicted octanol–water partition coefficient (Wildman–Crippen LogP) is 0.631. The van der Waals surface area contributed by atoms with Crippen molar-refractivity contribution in [1.29, 1.82) is 0 Å². The van der Waals surface area contributed by atoms with E-state index in [2.05, 4.69) is 9.47 Å². The molecule has 0 aromatic heterocycles. The Morgan fingerprint density at radius 2 is 2.29 bits per heavy atom. The second-order valence-corrected chi connectivity index (χ2v) is 4.20. The Morgan fingerprint density at radius 1 is 1.71 bits per heavy atom. The molecule has 1 aliphatic rings. The number of cyclic esters (lactones) is 1. The number of carbonyl (C=O) groups excluding carboxylic acids is 2. The van der Waals surface area contributed by atoms with Crippen LogP contribution in [0.4, 0.5) is 13.6 Å². The summed E-state index contributed by atoms with van der Waals surface area (Å²) in [6, 6.07) is 0. The van der Waals surface area contributed by atoms with E-state index in [0.29, 0.717) is 0 Å². The van der Waals surface area contributed by atoms with Crippen molar-refractivity contribution in [2.24, 2.45) is 0 Å². The first-order chi connectivity index (χ1) is 6.39. The van der Waals surface area contributed by atoms with Gasteiger partial charge in [-0.15, -0.1) is 0 Å². The van der Waals surface area contributed by atoms with Gasteiger partial charge in [-0.3, -0.25) is 0 Å². The molecular weight excluding hydrogens is 395 g/mol. The van der Waals surface area contributed by atoms with Gasteiger partial charge in [0.25, 0.3) is 0 Å². The van der Waals surface area contributed by atoms with E-state index < -0.39 is 27.8 Å². The summed E-state index contributed by atoms with van der Waals surface area (Å²) in [7, 11) is 0. The van der Waals surface area contributed by atoms with Crippen molar-refractivity contribution in [3.63, 3.8) is 0 Å². The van der Waals surface area contributed by atoms with Crippen LogP contribution < -0.4 is 0 Å². The Bertz CT molecular complexity index is 268. The van der Waals surface area contributed by atoms with Gasteiger partial charge in [0.1, 0.15) is 0 Å². The minimum absolute atomic E-state index is 0.192. The van der Waals surface area contributed by atoms with Crippen molar-refractivity contribution >= 4 is 34.4 Å². The summed E-state index contributed by atoms with van der Waals surface area (Å²) in [6.45, 7) is 1.57. The maximum absolute atomic E-state index is 13.1. The van der Waals surface area contributed by atoms with Gasteiger partial charge in [-0.25, -0.2) is 0 Å². The van der Waals surface area contributed by atoms with Crippen molar-refractivity contribution in [2.75, 3.05) is 0 Å². The van der Waals surface area contributed by atoms with Crippen LogP contribution in [0.2, 0.25) is 0 Å². The average molecular weight is 402 g/mol. The van der Waals surface area contributed by atoms with Gasteiger partial charge in [-0.05, 0) is 0 Å². The van der Waals surface area contributed by atoms with Crippen LogP contribution in [0.15, 0.2) is 0 Å². The third-order valence-electron chi connectivity index (χ3n) is 1.86. The van der Waals surface area contributed by atoms with Gasteiger partial charge in [0.15, 0.2) is 0 Å². The zero-order valence-electron chi connectivity index (χ0n) is 7.20. The first-order valence-electron chi connectivity index (χ1n) is 3.88. The quantitative estimate of drug-likeness (QED) is 0.503. The average Bonchev–Trinajstić information content (AvgIpc) is 2.28. The van der Waals surface area contributed by atoms with Gasteiger partial charge in [0.05, 0.1) is 0 Å². The van der Waals surface area contributed by atoms with Crippen molar-refractivity contribution < 1.29 is 27.8 Å². The van der Waals surface area contributed by atoms with Gasteiger partial charge in [-0.2, -0.15) is 0 Å². The molecular formula is C7H7BiF2O4. The normalized spacial score (nSPS) is 29.9. The number of hydrogen-bond donors (Lipinski definition) is 0. The number of alkyl halides is 2. The van der Waals surface area contributed by atoms with Crippen LogP contribution in [-0.2, 0) is 14.3 Å². The van der Waals surface area contributed by atoms with Gasteiger partial charge in [-0.1, -0.05) is 0 Å². The molecule has 0 amide bonds. The van der Waals surface area contributed by atoms with E-state index in [9.17, 15) is 18.4 Å². The number of halogens is 2. The fourth-order valence-electron chi connectivity index (χ4n) is 1.18. The summed E-state index contributed by atoms with van der Waals surface area (Å²) in [6.07, 6.45) is -2.61. The standard InChI is InChI=1S/C7H7F2O4.Bi/c1-2-4-5(12-3-10)7(8,9)6(11)13-4;/h4-5H,2H2,1H3;/t4-,5?;/m1./s1. The molecule has 7 heteroatoms.